The molecule has 0 aliphatic rings. The Balaban J connectivity index is 1.80. The third-order valence-electron chi connectivity index (χ3n) is 3.27. The largest absolute Gasteiger partial charge is 0.573 e. The molecule has 0 N–H and O–H groups in total. The predicted octanol–water partition coefficient (Wildman–Crippen LogP) is 5.38. The van der Waals surface area contributed by atoms with Crippen LogP contribution in [0.3, 0.4) is 0 Å². The smallest absolute Gasteiger partial charge is 0.406 e. The molecule has 6 heteroatoms. The van der Waals surface area contributed by atoms with Crippen molar-refractivity contribution >= 4 is 22.5 Å². The van der Waals surface area contributed by atoms with Gasteiger partial charge in [-0.2, -0.15) is 0 Å². The van der Waals surface area contributed by atoms with Gasteiger partial charge in [-0.15, -0.1) is 13.2 Å². The summed E-state index contributed by atoms with van der Waals surface area (Å²) in [5, 5.41) is 1.51. The molecule has 0 bridgehead atoms. The summed E-state index contributed by atoms with van der Waals surface area (Å²) in [5.41, 5.74) is 2.33. The van der Waals surface area contributed by atoms with E-state index in [1.54, 1.807) is 18.2 Å². The first-order chi connectivity index (χ1) is 10.9. The molecule has 118 valence electrons. The van der Waals surface area contributed by atoms with Gasteiger partial charge in [0.15, 0.2) is 0 Å². The third-order valence-corrected chi connectivity index (χ3v) is 3.58. The van der Waals surface area contributed by atoms with E-state index in [9.17, 15) is 13.2 Å². The molecular weight excluding hydrogens is 327 g/mol. The molecule has 1 aromatic heterocycles. The molecule has 0 aliphatic carbocycles. The predicted molar refractivity (Wildman–Crippen MR) is 82.7 cm³/mol. The quantitative estimate of drug-likeness (QED) is 0.640. The molecule has 0 atom stereocenters. The number of halogens is 4. The standard InChI is InChI=1S/C17H11ClF3NO/c18-15-3-1-2-12-6-7-13(22-16(12)15)10-11-4-8-14(9-5-11)23-17(19,20)21/h1-9H,10H2. The molecule has 2 nitrogen and oxygen atoms in total. The monoisotopic (exact) mass is 337 g/mol. The number of rotatable bonds is 3. The summed E-state index contributed by atoms with van der Waals surface area (Å²) in [5.74, 6) is -0.240. The molecule has 0 saturated heterocycles. The van der Waals surface area contributed by atoms with Gasteiger partial charge in [-0.3, -0.25) is 4.98 Å². The summed E-state index contributed by atoms with van der Waals surface area (Å²) < 4.78 is 40.2. The van der Waals surface area contributed by atoms with Crippen molar-refractivity contribution in [3.05, 3.63) is 70.9 Å². The second-order valence-electron chi connectivity index (χ2n) is 4.98. The van der Waals surface area contributed by atoms with Crippen molar-refractivity contribution in [1.82, 2.24) is 4.98 Å². The maximum Gasteiger partial charge on any atom is 0.573 e. The van der Waals surface area contributed by atoms with Gasteiger partial charge in [0, 0.05) is 17.5 Å². The second-order valence-corrected chi connectivity index (χ2v) is 5.39. The molecule has 23 heavy (non-hydrogen) atoms. The fourth-order valence-corrected chi connectivity index (χ4v) is 2.49. The lowest BCUT2D eigenvalue weighted by Crippen LogP contribution is -2.17. The Morgan fingerprint density at radius 2 is 1.70 bits per heavy atom. The summed E-state index contributed by atoms with van der Waals surface area (Å²) >= 11 is 6.13. The third kappa shape index (κ3) is 3.93. The lowest BCUT2D eigenvalue weighted by Gasteiger charge is -2.09. The fraction of sp³-hybridized carbons (Fsp3) is 0.118. The van der Waals surface area contributed by atoms with Crippen LogP contribution >= 0.6 is 11.6 Å². The normalized spacial score (nSPS) is 11.7. The van der Waals surface area contributed by atoms with Crippen molar-refractivity contribution < 1.29 is 17.9 Å². The Labute approximate surface area is 135 Å². The van der Waals surface area contributed by atoms with Crippen LogP contribution in [0, 0.1) is 0 Å². The van der Waals surface area contributed by atoms with Gasteiger partial charge in [-0.25, -0.2) is 0 Å². The number of pyridine rings is 1. The van der Waals surface area contributed by atoms with Gasteiger partial charge >= 0.3 is 6.36 Å². The number of ether oxygens (including phenoxy) is 1. The highest BCUT2D eigenvalue weighted by atomic mass is 35.5. The summed E-state index contributed by atoms with van der Waals surface area (Å²) in [6.45, 7) is 0. The number of hydrogen-bond donors (Lipinski definition) is 0. The van der Waals surface area contributed by atoms with Gasteiger partial charge < -0.3 is 4.74 Å². The van der Waals surface area contributed by atoms with Crippen molar-refractivity contribution in [2.45, 2.75) is 12.8 Å². The average Bonchev–Trinajstić information content (AvgIpc) is 2.49. The maximum atomic E-state index is 12.1. The Bertz CT molecular complexity index is 831. The van der Waals surface area contributed by atoms with Crippen LogP contribution in [-0.4, -0.2) is 11.3 Å². The highest BCUT2D eigenvalue weighted by Crippen LogP contribution is 2.25. The molecule has 0 aliphatic heterocycles. The minimum atomic E-state index is -4.68. The number of alkyl halides is 3. The number of benzene rings is 2. The van der Waals surface area contributed by atoms with E-state index < -0.39 is 6.36 Å². The first kappa shape index (κ1) is 15.6. The van der Waals surface area contributed by atoms with Crippen molar-refractivity contribution in [3.8, 4) is 5.75 Å². The summed E-state index contributed by atoms with van der Waals surface area (Å²) in [4.78, 5) is 4.51. The van der Waals surface area contributed by atoms with E-state index >= 15 is 0 Å². The molecule has 0 saturated carbocycles. The molecule has 2 aromatic carbocycles. The van der Waals surface area contributed by atoms with Crippen molar-refractivity contribution in [2.24, 2.45) is 0 Å². The molecule has 3 aromatic rings. The molecule has 3 rings (SSSR count). The second kappa shape index (κ2) is 6.08. The van der Waals surface area contributed by atoms with Crippen LogP contribution in [0.5, 0.6) is 5.75 Å². The van der Waals surface area contributed by atoms with E-state index in [-0.39, 0.29) is 5.75 Å². The van der Waals surface area contributed by atoms with E-state index in [0.29, 0.717) is 17.0 Å². The number of aromatic nitrogens is 1. The molecule has 0 spiro atoms. The van der Waals surface area contributed by atoms with Crippen LogP contribution in [0.25, 0.3) is 10.9 Å². The summed E-state index contributed by atoms with van der Waals surface area (Å²) in [7, 11) is 0. The first-order valence-electron chi connectivity index (χ1n) is 6.79. The maximum absolute atomic E-state index is 12.1. The topological polar surface area (TPSA) is 22.1 Å². The Morgan fingerprint density at radius 3 is 2.39 bits per heavy atom. The minimum Gasteiger partial charge on any atom is -0.406 e. The molecule has 1 heterocycles. The average molecular weight is 338 g/mol. The van der Waals surface area contributed by atoms with E-state index in [2.05, 4.69) is 9.72 Å². The minimum absolute atomic E-state index is 0.240. The number of hydrogen-bond acceptors (Lipinski definition) is 2. The highest BCUT2D eigenvalue weighted by molar-refractivity contribution is 6.35. The van der Waals surface area contributed by atoms with Crippen LogP contribution in [0.1, 0.15) is 11.3 Å². The van der Waals surface area contributed by atoms with Gasteiger partial charge in [0.25, 0.3) is 0 Å². The van der Waals surface area contributed by atoms with E-state index in [4.69, 9.17) is 11.6 Å². The van der Waals surface area contributed by atoms with Crippen LogP contribution < -0.4 is 4.74 Å². The molecular formula is C17H11ClF3NO. The summed E-state index contributed by atoms with van der Waals surface area (Å²) in [6.07, 6.45) is -4.19. The van der Waals surface area contributed by atoms with E-state index in [1.165, 1.54) is 12.1 Å². The van der Waals surface area contributed by atoms with Crippen LogP contribution in [0.2, 0.25) is 5.02 Å². The zero-order valence-corrected chi connectivity index (χ0v) is 12.5. The number of fused-ring (bicyclic) bond motifs is 1. The van der Waals surface area contributed by atoms with Crippen molar-refractivity contribution in [2.75, 3.05) is 0 Å². The first-order valence-corrected chi connectivity index (χ1v) is 7.17. The number of nitrogens with zero attached hydrogens (tertiary/aromatic N) is 1. The highest BCUT2D eigenvalue weighted by Gasteiger charge is 2.30. The van der Waals surface area contributed by atoms with Crippen molar-refractivity contribution in [3.63, 3.8) is 0 Å². The van der Waals surface area contributed by atoms with Crippen LogP contribution in [-0.2, 0) is 6.42 Å². The van der Waals surface area contributed by atoms with Gasteiger partial charge in [0.05, 0.1) is 10.5 Å². The van der Waals surface area contributed by atoms with Gasteiger partial charge in [-0.1, -0.05) is 41.9 Å². The molecule has 0 amide bonds. The molecule has 0 fully saturated rings. The van der Waals surface area contributed by atoms with Gasteiger partial charge in [0.2, 0.25) is 0 Å². The van der Waals surface area contributed by atoms with Gasteiger partial charge in [0.1, 0.15) is 5.75 Å². The fourth-order valence-electron chi connectivity index (χ4n) is 2.27. The van der Waals surface area contributed by atoms with Crippen molar-refractivity contribution in [1.29, 1.82) is 0 Å². The lowest BCUT2D eigenvalue weighted by molar-refractivity contribution is -0.274. The SMILES string of the molecule is FC(F)(F)Oc1ccc(Cc2ccc3cccc(Cl)c3n2)cc1. The van der Waals surface area contributed by atoms with E-state index in [1.807, 2.05) is 24.3 Å². The summed E-state index contributed by atoms with van der Waals surface area (Å²) in [6, 6.07) is 15.1. The zero-order chi connectivity index (χ0) is 16.4. The molecule has 0 radical (unpaired) electrons. The number of para-hydroxylation sites is 1. The van der Waals surface area contributed by atoms with Crippen LogP contribution in [0.4, 0.5) is 13.2 Å². The van der Waals surface area contributed by atoms with Crippen LogP contribution in [0.15, 0.2) is 54.6 Å². The Kier molecular flexibility index (Phi) is 4.13. The zero-order valence-electron chi connectivity index (χ0n) is 11.8. The lowest BCUT2D eigenvalue weighted by atomic mass is 10.1. The van der Waals surface area contributed by atoms with E-state index in [0.717, 1.165) is 16.6 Å². The Morgan fingerprint density at radius 1 is 0.957 bits per heavy atom. The molecule has 0 unspecified atom stereocenters. The Hall–Kier alpha value is -2.27. The van der Waals surface area contributed by atoms with Gasteiger partial charge in [-0.05, 0) is 29.8 Å².